The zero-order valence-corrected chi connectivity index (χ0v) is 12.4. The van der Waals surface area contributed by atoms with Crippen LogP contribution in [-0.2, 0) is 11.2 Å². The van der Waals surface area contributed by atoms with Crippen LogP contribution in [-0.4, -0.2) is 32.9 Å². The van der Waals surface area contributed by atoms with E-state index in [0.717, 1.165) is 44.8 Å². The van der Waals surface area contributed by atoms with Crippen molar-refractivity contribution in [1.29, 1.82) is 0 Å². The highest BCUT2D eigenvalue weighted by Crippen LogP contribution is 2.13. The molecule has 0 amide bonds. The van der Waals surface area contributed by atoms with Crippen molar-refractivity contribution < 1.29 is 9.47 Å². The summed E-state index contributed by atoms with van der Waals surface area (Å²) in [6, 6.07) is 8.81. The Morgan fingerprint density at radius 2 is 1.89 bits per heavy atom. The second-order valence-electron chi connectivity index (χ2n) is 4.69. The van der Waals surface area contributed by atoms with E-state index in [1.165, 1.54) is 5.56 Å². The van der Waals surface area contributed by atoms with Gasteiger partial charge in [-0.2, -0.15) is 0 Å². The molecule has 0 aromatic heterocycles. The molecule has 108 valence electrons. The summed E-state index contributed by atoms with van der Waals surface area (Å²) >= 11 is 0. The Morgan fingerprint density at radius 1 is 1.16 bits per heavy atom. The monoisotopic (exact) mass is 265 g/mol. The molecule has 1 aromatic carbocycles. The zero-order valence-electron chi connectivity index (χ0n) is 12.4. The van der Waals surface area contributed by atoms with Crippen LogP contribution in [0.3, 0.4) is 0 Å². The highest BCUT2D eigenvalue weighted by molar-refractivity contribution is 5.27. The van der Waals surface area contributed by atoms with Crippen LogP contribution in [0.25, 0.3) is 0 Å². The van der Waals surface area contributed by atoms with Gasteiger partial charge in [0.2, 0.25) is 0 Å². The molecule has 0 saturated carbocycles. The minimum atomic E-state index is 0.486. The molecule has 0 aliphatic heterocycles. The lowest BCUT2D eigenvalue weighted by atomic mass is 10.0. The molecule has 3 heteroatoms. The van der Waals surface area contributed by atoms with Gasteiger partial charge in [-0.1, -0.05) is 19.1 Å². The first kappa shape index (κ1) is 16.0. The van der Waals surface area contributed by atoms with Gasteiger partial charge in [-0.25, -0.2) is 0 Å². The van der Waals surface area contributed by atoms with Crippen molar-refractivity contribution in [1.82, 2.24) is 5.32 Å². The van der Waals surface area contributed by atoms with E-state index in [1.807, 2.05) is 19.1 Å². The quantitative estimate of drug-likeness (QED) is 0.660. The molecule has 1 rings (SSSR count). The van der Waals surface area contributed by atoms with Crippen molar-refractivity contribution in [2.45, 2.75) is 39.2 Å². The number of hydrogen-bond acceptors (Lipinski definition) is 3. The van der Waals surface area contributed by atoms with Crippen LogP contribution in [0.2, 0.25) is 0 Å². The second-order valence-corrected chi connectivity index (χ2v) is 4.69. The fourth-order valence-corrected chi connectivity index (χ4v) is 2.04. The number of rotatable bonds is 10. The predicted molar refractivity (Wildman–Crippen MR) is 79.9 cm³/mol. The van der Waals surface area contributed by atoms with Crippen LogP contribution < -0.4 is 10.1 Å². The third-order valence-corrected chi connectivity index (χ3v) is 3.14. The molecule has 0 spiro atoms. The van der Waals surface area contributed by atoms with Gasteiger partial charge < -0.3 is 14.8 Å². The first-order valence-electron chi connectivity index (χ1n) is 7.24. The number of benzene rings is 1. The van der Waals surface area contributed by atoms with E-state index in [-0.39, 0.29) is 0 Å². The molecule has 0 fully saturated rings. The van der Waals surface area contributed by atoms with Gasteiger partial charge in [-0.05, 0) is 50.4 Å². The third-order valence-electron chi connectivity index (χ3n) is 3.14. The Morgan fingerprint density at radius 3 is 2.47 bits per heavy atom. The average Bonchev–Trinajstić information content (AvgIpc) is 2.45. The lowest BCUT2D eigenvalue weighted by Gasteiger charge is -2.18. The lowest BCUT2D eigenvalue weighted by Crippen LogP contribution is -2.33. The molecule has 19 heavy (non-hydrogen) atoms. The van der Waals surface area contributed by atoms with E-state index in [2.05, 4.69) is 24.4 Å². The Hall–Kier alpha value is -1.06. The molecular formula is C16H27NO2. The van der Waals surface area contributed by atoms with E-state index < -0.39 is 0 Å². The molecule has 3 nitrogen and oxygen atoms in total. The van der Waals surface area contributed by atoms with E-state index in [0.29, 0.717) is 6.04 Å². The molecule has 1 N–H and O–H groups in total. The normalized spacial score (nSPS) is 12.4. The number of nitrogens with one attached hydrogen (secondary N) is 1. The molecule has 0 bridgehead atoms. The highest BCUT2D eigenvalue weighted by Gasteiger charge is 2.08. The summed E-state index contributed by atoms with van der Waals surface area (Å²) in [6.07, 6.45) is 3.25. The number of ether oxygens (including phenoxy) is 2. The first-order valence-corrected chi connectivity index (χ1v) is 7.24. The van der Waals surface area contributed by atoms with Gasteiger partial charge in [0.25, 0.3) is 0 Å². The molecule has 1 atom stereocenters. The van der Waals surface area contributed by atoms with Gasteiger partial charge >= 0.3 is 0 Å². The molecular weight excluding hydrogens is 238 g/mol. The molecule has 0 aliphatic rings. The second kappa shape index (κ2) is 9.82. The van der Waals surface area contributed by atoms with Crippen LogP contribution in [0.5, 0.6) is 5.75 Å². The summed E-state index contributed by atoms with van der Waals surface area (Å²) in [6.45, 7) is 6.92. The molecule has 0 radical (unpaired) electrons. The Bertz CT molecular complexity index is 324. The topological polar surface area (TPSA) is 30.5 Å². The smallest absolute Gasteiger partial charge is 0.118 e. The van der Waals surface area contributed by atoms with Crippen molar-refractivity contribution >= 4 is 0 Å². The molecule has 0 heterocycles. The van der Waals surface area contributed by atoms with Crippen molar-refractivity contribution in [3.8, 4) is 5.75 Å². The maximum Gasteiger partial charge on any atom is 0.118 e. The minimum Gasteiger partial charge on any atom is -0.497 e. The van der Waals surface area contributed by atoms with Gasteiger partial charge in [0.05, 0.1) is 7.11 Å². The van der Waals surface area contributed by atoms with Gasteiger partial charge in [0, 0.05) is 19.3 Å². The summed E-state index contributed by atoms with van der Waals surface area (Å²) in [7, 11) is 1.70. The Kier molecular flexibility index (Phi) is 8.26. The fourth-order valence-electron chi connectivity index (χ4n) is 2.04. The Balaban J connectivity index is 2.48. The maximum absolute atomic E-state index is 5.46. The third kappa shape index (κ3) is 6.60. The van der Waals surface area contributed by atoms with Crippen molar-refractivity contribution in [3.63, 3.8) is 0 Å². The predicted octanol–water partition coefficient (Wildman–Crippen LogP) is 3.03. The van der Waals surface area contributed by atoms with Crippen LogP contribution in [0.15, 0.2) is 24.3 Å². The maximum atomic E-state index is 5.46. The summed E-state index contributed by atoms with van der Waals surface area (Å²) in [5, 5.41) is 3.59. The van der Waals surface area contributed by atoms with E-state index >= 15 is 0 Å². The van der Waals surface area contributed by atoms with Crippen molar-refractivity contribution in [2.24, 2.45) is 0 Å². The average molecular weight is 265 g/mol. The molecule has 1 unspecified atom stereocenters. The van der Waals surface area contributed by atoms with Crippen LogP contribution in [0, 0.1) is 0 Å². The number of methoxy groups -OCH3 is 1. The van der Waals surface area contributed by atoms with Crippen LogP contribution in [0.4, 0.5) is 0 Å². The van der Waals surface area contributed by atoms with Crippen LogP contribution in [0.1, 0.15) is 32.3 Å². The van der Waals surface area contributed by atoms with E-state index in [9.17, 15) is 0 Å². The Labute approximate surface area is 117 Å². The van der Waals surface area contributed by atoms with E-state index in [4.69, 9.17) is 9.47 Å². The van der Waals surface area contributed by atoms with Crippen LogP contribution >= 0.6 is 0 Å². The van der Waals surface area contributed by atoms with Gasteiger partial charge in [-0.15, -0.1) is 0 Å². The van der Waals surface area contributed by atoms with E-state index in [1.54, 1.807) is 7.11 Å². The standard InChI is InChI=1S/C16H27NO2/c1-4-11-17-15(10-12-19-5-2)13-14-6-8-16(18-3)9-7-14/h6-9,15,17H,4-5,10-13H2,1-3H3. The molecule has 1 aromatic rings. The SMILES string of the molecule is CCCNC(CCOCC)Cc1ccc(OC)cc1. The summed E-state index contributed by atoms with van der Waals surface area (Å²) in [4.78, 5) is 0. The summed E-state index contributed by atoms with van der Waals surface area (Å²) < 4.78 is 10.6. The van der Waals surface area contributed by atoms with Gasteiger partial charge in [0.1, 0.15) is 5.75 Å². The fraction of sp³-hybridized carbons (Fsp3) is 0.625. The largest absolute Gasteiger partial charge is 0.497 e. The van der Waals surface area contributed by atoms with Crippen molar-refractivity contribution in [3.05, 3.63) is 29.8 Å². The highest BCUT2D eigenvalue weighted by atomic mass is 16.5. The summed E-state index contributed by atoms with van der Waals surface area (Å²) in [5.41, 5.74) is 1.34. The number of hydrogen-bond donors (Lipinski definition) is 1. The van der Waals surface area contributed by atoms with Gasteiger partial charge in [0.15, 0.2) is 0 Å². The van der Waals surface area contributed by atoms with Gasteiger partial charge in [-0.3, -0.25) is 0 Å². The molecule has 0 saturated heterocycles. The summed E-state index contributed by atoms with van der Waals surface area (Å²) in [5.74, 6) is 0.913. The first-order chi connectivity index (χ1) is 9.30. The lowest BCUT2D eigenvalue weighted by molar-refractivity contribution is 0.136. The minimum absolute atomic E-state index is 0.486. The molecule has 0 aliphatic carbocycles. The van der Waals surface area contributed by atoms with Crippen molar-refractivity contribution in [2.75, 3.05) is 26.9 Å². The zero-order chi connectivity index (χ0) is 13.9.